The molecule has 1 rings (SSSR count). The number of allylic oxidation sites excluding steroid dienone is 1. The van der Waals surface area contributed by atoms with E-state index < -0.39 is 0 Å². The second-order valence-corrected chi connectivity index (χ2v) is 3.68. The standard InChI is InChI=1S/C8H12N2O.C3H6.C2H6N2O.2C2H6.Y/c1-4-7(11)8-9-5(2)6(3)10-8;1-3-2;1-2(5)4-3;2*1-2;/h4H2,1-3H3,(H,9,10);3H,1H2,2H3;3H2,1H3,(H,4,5);2*1-2H3;. The number of nitrogens with one attached hydrogen (secondary N) is 2. The van der Waals surface area contributed by atoms with Crippen molar-refractivity contribution in [1.29, 1.82) is 0 Å². The fourth-order valence-corrected chi connectivity index (χ4v) is 0.847. The molecular formula is C17H36N4O2Y. The first kappa shape index (κ1) is 34.5. The molecule has 0 spiro atoms. The third-order valence-corrected chi connectivity index (χ3v) is 1.92. The summed E-state index contributed by atoms with van der Waals surface area (Å²) < 4.78 is 0. The van der Waals surface area contributed by atoms with Crippen LogP contribution < -0.4 is 11.3 Å². The molecule has 1 heterocycles. The van der Waals surface area contributed by atoms with Crippen molar-refractivity contribution in [2.24, 2.45) is 5.84 Å². The van der Waals surface area contributed by atoms with Crippen molar-refractivity contribution >= 4 is 11.7 Å². The van der Waals surface area contributed by atoms with E-state index in [2.05, 4.69) is 22.4 Å². The third-order valence-electron chi connectivity index (χ3n) is 1.92. The molecule has 1 aromatic heterocycles. The molecule has 0 aliphatic heterocycles. The third kappa shape index (κ3) is 23.4. The van der Waals surface area contributed by atoms with Crippen LogP contribution in [0.2, 0.25) is 0 Å². The molecule has 0 aromatic carbocycles. The largest absolute Gasteiger partial charge is 0.339 e. The number of hydrogen-bond donors (Lipinski definition) is 3. The Labute approximate surface area is 173 Å². The summed E-state index contributed by atoms with van der Waals surface area (Å²) in [6.07, 6.45) is 2.26. The number of hydrogen-bond acceptors (Lipinski definition) is 4. The number of hydrazine groups is 1. The molecule has 0 unspecified atom stereocenters. The van der Waals surface area contributed by atoms with Gasteiger partial charge in [-0.05, 0) is 20.8 Å². The van der Waals surface area contributed by atoms with Gasteiger partial charge in [-0.1, -0.05) is 40.7 Å². The summed E-state index contributed by atoms with van der Waals surface area (Å²) in [7, 11) is 0. The quantitative estimate of drug-likeness (QED) is 0.224. The van der Waals surface area contributed by atoms with Crippen molar-refractivity contribution in [3.05, 3.63) is 29.9 Å². The van der Waals surface area contributed by atoms with Gasteiger partial charge in [-0.15, -0.1) is 6.58 Å². The summed E-state index contributed by atoms with van der Waals surface area (Å²) in [6.45, 7) is 20.2. The molecule has 1 aromatic rings. The molecule has 0 atom stereocenters. The Morgan fingerprint density at radius 1 is 1.25 bits per heavy atom. The molecule has 0 fully saturated rings. The number of H-pyrrole nitrogens is 1. The molecule has 0 aliphatic rings. The van der Waals surface area contributed by atoms with E-state index in [0.717, 1.165) is 11.4 Å². The zero-order valence-electron chi connectivity index (χ0n) is 16.9. The summed E-state index contributed by atoms with van der Waals surface area (Å²) in [5.74, 6) is 4.91. The van der Waals surface area contributed by atoms with E-state index in [4.69, 9.17) is 0 Å². The van der Waals surface area contributed by atoms with Crippen molar-refractivity contribution in [2.45, 2.75) is 68.7 Å². The summed E-state index contributed by atoms with van der Waals surface area (Å²) in [4.78, 5) is 27.7. The molecule has 4 N–H and O–H groups in total. The van der Waals surface area contributed by atoms with Crippen LogP contribution in [0.3, 0.4) is 0 Å². The molecule has 139 valence electrons. The maximum Gasteiger partial charge on any atom is 0.230 e. The van der Waals surface area contributed by atoms with Gasteiger partial charge in [0.1, 0.15) is 0 Å². The first-order valence-electron chi connectivity index (χ1n) is 7.94. The number of carbonyl (C=O) groups is 2. The van der Waals surface area contributed by atoms with Crippen LogP contribution >= 0.6 is 0 Å². The molecule has 1 radical (unpaired) electrons. The number of ketones is 1. The zero-order valence-corrected chi connectivity index (χ0v) is 19.7. The summed E-state index contributed by atoms with van der Waals surface area (Å²) >= 11 is 0. The van der Waals surface area contributed by atoms with Crippen LogP contribution in [0.25, 0.3) is 0 Å². The van der Waals surface area contributed by atoms with Crippen molar-refractivity contribution < 1.29 is 42.3 Å². The number of carbonyl (C=O) groups excluding carboxylic acids is 2. The average Bonchev–Trinajstić information content (AvgIpc) is 2.91. The molecule has 6 nitrogen and oxygen atoms in total. The number of rotatable bonds is 2. The van der Waals surface area contributed by atoms with E-state index in [9.17, 15) is 9.59 Å². The van der Waals surface area contributed by atoms with E-state index in [-0.39, 0.29) is 44.4 Å². The molecule has 0 saturated heterocycles. The summed E-state index contributed by atoms with van der Waals surface area (Å²) in [5, 5.41) is 0. The van der Waals surface area contributed by atoms with Gasteiger partial charge in [0, 0.05) is 51.7 Å². The van der Waals surface area contributed by atoms with Crippen molar-refractivity contribution in [3.63, 3.8) is 0 Å². The normalized spacial score (nSPS) is 7.08. The number of nitrogens with two attached hydrogens (primary N) is 1. The number of Topliss-reactive ketones (excluding diaryl/α,β-unsaturated/α-hetero) is 1. The first-order chi connectivity index (χ1) is 10.8. The molecule has 24 heavy (non-hydrogen) atoms. The minimum absolute atomic E-state index is 0. The second kappa shape index (κ2) is 27.0. The van der Waals surface area contributed by atoms with Gasteiger partial charge in [0.2, 0.25) is 5.91 Å². The van der Waals surface area contributed by atoms with Gasteiger partial charge in [-0.25, -0.2) is 10.8 Å². The van der Waals surface area contributed by atoms with E-state index in [1.165, 1.54) is 6.92 Å². The van der Waals surface area contributed by atoms with Crippen molar-refractivity contribution in [3.8, 4) is 0 Å². The Morgan fingerprint density at radius 2 is 1.58 bits per heavy atom. The minimum atomic E-state index is -0.218. The van der Waals surface area contributed by atoms with Gasteiger partial charge in [-0.2, -0.15) is 0 Å². The maximum absolute atomic E-state index is 11.1. The van der Waals surface area contributed by atoms with Gasteiger partial charge < -0.3 is 4.98 Å². The van der Waals surface area contributed by atoms with Crippen LogP contribution in [0, 0.1) is 13.8 Å². The van der Waals surface area contributed by atoms with Gasteiger partial charge in [-0.3, -0.25) is 15.0 Å². The fraction of sp³-hybridized carbons (Fsp3) is 0.588. The van der Waals surface area contributed by atoms with Crippen LogP contribution in [0.4, 0.5) is 0 Å². The number of nitrogens with zero attached hydrogens (tertiary/aromatic N) is 1. The fourth-order valence-electron chi connectivity index (χ4n) is 0.847. The number of aromatic amines is 1. The van der Waals surface area contributed by atoms with Gasteiger partial charge in [0.15, 0.2) is 11.6 Å². The second-order valence-electron chi connectivity index (χ2n) is 3.68. The number of aryl methyl sites for hydroxylation is 2. The molecule has 0 bridgehead atoms. The average molecular weight is 417 g/mol. The Hall–Kier alpha value is -0.846. The van der Waals surface area contributed by atoms with Gasteiger partial charge in [0.25, 0.3) is 0 Å². The van der Waals surface area contributed by atoms with E-state index >= 15 is 0 Å². The number of amides is 1. The number of imidazole rings is 1. The summed E-state index contributed by atoms with van der Waals surface area (Å²) in [6, 6.07) is 0. The maximum atomic E-state index is 11.1. The SMILES string of the molecule is C=CC.CC.CC.CC(=O)NN.CCC(=O)c1nc(C)c(C)[nH]1.[Y]. The topological polar surface area (TPSA) is 101 Å². The Bertz CT molecular complexity index is 399. The number of aromatic nitrogens is 2. The molecular weight excluding hydrogens is 381 g/mol. The van der Waals surface area contributed by atoms with Gasteiger partial charge in [0.05, 0.1) is 5.69 Å². The molecule has 1 amide bonds. The van der Waals surface area contributed by atoms with E-state index in [0.29, 0.717) is 12.2 Å². The van der Waals surface area contributed by atoms with Crippen LogP contribution in [0.5, 0.6) is 0 Å². The molecule has 0 saturated carbocycles. The molecule has 7 heteroatoms. The van der Waals surface area contributed by atoms with Crippen molar-refractivity contribution in [2.75, 3.05) is 0 Å². The summed E-state index contributed by atoms with van der Waals surface area (Å²) in [5.41, 5.74) is 3.77. The van der Waals surface area contributed by atoms with Crippen LogP contribution in [0.15, 0.2) is 12.7 Å². The first-order valence-corrected chi connectivity index (χ1v) is 7.94. The van der Waals surface area contributed by atoms with E-state index in [1.54, 1.807) is 6.08 Å². The molecule has 0 aliphatic carbocycles. The predicted molar refractivity (Wildman–Crippen MR) is 99.3 cm³/mol. The monoisotopic (exact) mass is 417 g/mol. The van der Waals surface area contributed by atoms with Crippen LogP contribution in [-0.2, 0) is 37.5 Å². The minimum Gasteiger partial charge on any atom is -0.339 e. The van der Waals surface area contributed by atoms with Crippen LogP contribution in [-0.4, -0.2) is 21.7 Å². The van der Waals surface area contributed by atoms with Crippen molar-refractivity contribution in [1.82, 2.24) is 15.4 Å². The van der Waals surface area contributed by atoms with Crippen LogP contribution in [0.1, 0.15) is 76.9 Å². The van der Waals surface area contributed by atoms with E-state index in [1.807, 2.05) is 60.8 Å². The Balaban J connectivity index is -0.0000000787. The Morgan fingerprint density at radius 3 is 1.75 bits per heavy atom. The predicted octanol–water partition coefficient (Wildman–Crippen LogP) is 3.86. The zero-order chi connectivity index (χ0) is 19.4. The smallest absolute Gasteiger partial charge is 0.230 e. The Kier molecular flexibility index (Phi) is 38.8. The van der Waals surface area contributed by atoms with Gasteiger partial charge >= 0.3 is 0 Å².